The predicted octanol–water partition coefficient (Wildman–Crippen LogP) is 1.90. The summed E-state index contributed by atoms with van der Waals surface area (Å²) < 4.78 is 39.6. The molecular formula is C14H18N2O4S2. The molecule has 0 radical (unpaired) electrons. The number of aromatic nitrogens is 2. The van der Waals surface area contributed by atoms with Crippen molar-refractivity contribution in [2.24, 2.45) is 0 Å². The molecule has 0 aliphatic heterocycles. The Morgan fingerprint density at radius 1 is 1.32 bits per heavy atom. The standard InChI is InChI=1S/C14H18N2O4S2/c1-10-6-4-5-7-12(10)13-15-14(20-16-13)11(2)21(17)8-9-22(3,18)19/h4-7,11H,8-9H2,1-3H3. The van der Waals surface area contributed by atoms with Crippen molar-refractivity contribution in [1.29, 1.82) is 0 Å². The zero-order valence-electron chi connectivity index (χ0n) is 12.6. The molecule has 2 atom stereocenters. The van der Waals surface area contributed by atoms with Crippen molar-refractivity contribution in [2.45, 2.75) is 19.1 Å². The van der Waals surface area contributed by atoms with Crippen molar-refractivity contribution in [1.82, 2.24) is 10.1 Å². The number of aryl methyl sites for hydroxylation is 1. The van der Waals surface area contributed by atoms with Crippen LogP contribution in [0.3, 0.4) is 0 Å². The molecule has 0 saturated heterocycles. The van der Waals surface area contributed by atoms with E-state index < -0.39 is 25.9 Å². The van der Waals surface area contributed by atoms with E-state index in [2.05, 4.69) is 10.1 Å². The summed E-state index contributed by atoms with van der Waals surface area (Å²) in [6.45, 7) is 3.63. The third-order valence-electron chi connectivity index (χ3n) is 3.23. The van der Waals surface area contributed by atoms with Gasteiger partial charge in [-0.15, -0.1) is 0 Å². The SMILES string of the molecule is Cc1ccccc1-c1noc(C(C)S(=O)CCS(C)(=O)=O)n1. The maximum absolute atomic E-state index is 12.1. The second kappa shape index (κ2) is 6.70. The van der Waals surface area contributed by atoms with Crippen LogP contribution in [0.1, 0.15) is 23.6 Å². The molecule has 8 heteroatoms. The van der Waals surface area contributed by atoms with Gasteiger partial charge in [-0.1, -0.05) is 29.4 Å². The van der Waals surface area contributed by atoms with E-state index in [0.717, 1.165) is 17.4 Å². The number of hydrogen-bond donors (Lipinski definition) is 0. The van der Waals surface area contributed by atoms with E-state index in [1.54, 1.807) is 6.92 Å². The van der Waals surface area contributed by atoms with E-state index in [9.17, 15) is 12.6 Å². The Hall–Kier alpha value is -1.54. The quantitative estimate of drug-likeness (QED) is 0.796. The molecule has 0 bridgehead atoms. The molecule has 2 rings (SSSR count). The summed E-state index contributed by atoms with van der Waals surface area (Å²) in [6.07, 6.45) is 1.12. The highest BCUT2D eigenvalue weighted by atomic mass is 32.2. The Balaban J connectivity index is 2.14. The van der Waals surface area contributed by atoms with Crippen LogP contribution < -0.4 is 0 Å². The average molecular weight is 342 g/mol. The Kier molecular flexibility index (Phi) is 5.12. The lowest BCUT2D eigenvalue weighted by molar-refractivity contribution is 0.379. The van der Waals surface area contributed by atoms with Gasteiger partial charge < -0.3 is 4.52 Å². The lowest BCUT2D eigenvalue weighted by Gasteiger charge is -2.05. The van der Waals surface area contributed by atoms with Gasteiger partial charge in [0, 0.05) is 28.4 Å². The summed E-state index contributed by atoms with van der Waals surface area (Å²) in [7, 11) is -4.52. The molecular weight excluding hydrogens is 324 g/mol. The number of nitrogens with zero attached hydrogens (tertiary/aromatic N) is 2. The molecule has 0 N–H and O–H groups in total. The molecule has 2 unspecified atom stereocenters. The molecule has 1 aromatic heterocycles. The number of rotatable bonds is 6. The first-order valence-electron chi connectivity index (χ1n) is 6.72. The van der Waals surface area contributed by atoms with Crippen molar-refractivity contribution in [3.05, 3.63) is 35.7 Å². The van der Waals surface area contributed by atoms with Crippen LogP contribution in [0.4, 0.5) is 0 Å². The highest BCUT2D eigenvalue weighted by molar-refractivity contribution is 7.92. The zero-order chi connectivity index (χ0) is 16.3. The topological polar surface area (TPSA) is 90.1 Å². The van der Waals surface area contributed by atoms with Crippen molar-refractivity contribution in [3.8, 4) is 11.4 Å². The van der Waals surface area contributed by atoms with Crippen molar-refractivity contribution < 1.29 is 17.1 Å². The van der Waals surface area contributed by atoms with Crippen LogP contribution in [0.25, 0.3) is 11.4 Å². The first kappa shape index (κ1) is 16.8. The summed E-state index contributed by atoms with van der Waals surface area (Å²) in [5, 5.41) is 3.41. The van der Waals surface area contributed by atoms with E-state index in [-0.39, 0.29) is 17.4 Å². The molecule has 1 aromatic carbocycles. The fourth-order valence-electron chi connectivity index (χ4n) is 1.86. The normalized spacial score (nSPS) is 14.7. The largest absolute Gasteiger partial charge is 0.338 e. The van der Waals surface area contributed by atoms with Crippen molar-refractivity contribution in [2.75, 3.05) is 17.8 Å². The molecule has 0 fully saturated rings. The van der Waals surface area contributed by atoms with Gasteiger partial charge in [-0.2, -0.15) is 4.98 Å². The maximum Gasteiger partial charge on any atom is 0.242 e. The number of hydrogen-bond acceptors (Lipinski definition) is 6. The van der Waals surface area contributed by atoms with Crippen LogP contribution in [-0.4, -0.2) is 40.5 Å². The lowest BCUT2D eigenvalue weighted by atomic mass is 10.1. The molecule has 120 valence electrons. The molecule has 1 heterocycles. The molecule has 6 nitrogen and oxygen atoms in total. The monoisotopic (exact) mass is 342 g/mol. The molecule has 0 spiro atoms. The van der Waals surface area contributed by atoms with Gasteiger partial charge in [0.1, 0.15) is 15.1 Å². The molecule has 2 aromatic rings. The summed E-state index contributed by atoms with van der Waals surface area (Å²) in [4.78, 5) is 4.29. The molecule has 0 aliphatic rings. The van der Waals surface area contributed by atoms with Crippen LogP contribution in [0.5, 0.6) is 0 Å². The summed E-state index contributed by atoms with van der Waals surface area (Å²) >= 11 is 0. The van der Waals surface area contributed by atoms with Gasteiger partial charge in [-0.25, -0.2) is 8.42 Å². The Labute approximate surface area is 132 Å². The molecule has 0 aliphatic carbocycles. The van der Waals surface area contributed by atoms with E-state index in [4.69, 9.17) is 4.52 Å². The van der Waals surface area contributed by atoms with Gasteiger partial charge in [0.2, 0.25) is 11.7 Å². The first-order valence-corrected chi connectivity index (χ1v) is 10.2. The lowest BCUT2D eigenvalue weighted by Crippen LogP contribution is -2.15. The van der Waals surface area contributed by atoms with Gasteiger partial charge in [-0.05, 0) is 19.4 Å². The van der Waals surface area contributed by atoms with Crippen LogP contribution in [0.15, 0.2) is 28.8 Å². The summed E-state index contributed by atoms with van der Waals surface area (Å²) in [6, 6.07) is 7.63. The highest BCUT2D eigenvalue weighted by Crippen LogP contribution is 2.24. The molecule has 0 saturated carbocycles. The van der Waals surface area contributed by atoms with Crippen LogP contribution in [0, 0.1) is 6.92 Å². The van der Waals surface area contributed by atoms with Crippen molar-refractivity contribution in [3.63, 3.8) is 0 Å². The summed E-state index contributed by atoms with van der Waals surface area (Å²) in [5.41, 5.74) is 1.87. The summed E-state index contributed by atoms with van der Waals surface area (Å²) in [5.74, 6) is 0.635. The second-order valence-corrected chi connectivity index (χ2v) is 9.26. The minimum atomic E-state index is -3.14. The minimum Gasteiger partial charge on any atom is -0.338 e. The zero-order valence-corrected chi connectivity index (χ0v) is 14.3. The third-order valence-corrected chi connectivity index (χ3v) is 6.03. The third kappa shape index (κ3) is 4.23. The molecule has 0 amide bonds. The van der Waals surface area contributed by atoms with Gasteiger partial charge in [-0.3, -0.25) is 4.21 Å². The van der Waals surface area contributed by atoms with E-state index in [1.165, 1.54) is 0 Å². The van der Waals surface area contributed by atoms with E-state index in [0.29, 0.717) is 5.82 Å². The van der Waals surface area contributed by atoms with E-state index >= 15 is 0 Å². The smallest absolute Gasteiger partial charge is 0.242 e. The van der Waals surface area contributed by atoms with Crippen LogP contribution >= 0.6 is 0 Å². The fourth-order valence-corrected chi connectivity index (χ4v) is 4.40. The average Bonchev–Trinajstić information content (AvgIpc) is 2.93. The Morgan fingerprint density at radius 2 is 2.00 bits per heavy atom. The van der Waals surface area contributed by atoms with Crippen molar-refractivity contribution >= 4 is 20.6 Å². The Morgan fingerprint density at radius 3 is 2.64 bits per heavy atom. The second-order valence-electron chi connectivity index (χ2n) is 5.13. The van der Waals surface area contributed by atoms with Crippen LogP contribution in [-0.2, 0) is 20.6 Å². The number of sulfone groups is 1. The van der Waals surface area contributed by atoms with E-state index in [1.807, 2.05) is 31.2 Å². The highest BCUT2D eigenvalue weighted by Gasteiger charge is 2.22. The predicted molar refractivity (Wildman–Crippen MR) is 85.6 cm³/mol. The van der Waals surface area contributed by atoms with Gasteiger partial charge in [0.05, 0.1) is 5.75 Å². The number of benzene rings is 1. The maximum atomic E-state index is 12.1. The van der Waals surface area contributed by atoms with Gasteiger partial charge >= 0.3 is 0 Å². The fraction of sp³-hybridized carbons (Fsp3) is 0.429. The van der Waals surface area contributed by atoms with Gasteiger partial charge in [0.25, 0.3) is 0 Å². The minimum absolute atomic E-state index is 0.0576. The first-order chi connectivity index (χ1) is 10.3. The van der Waals surface area contributed by atoms with Crippen LogP contribution in [0.2, 0.25) is 0 Å². The molecule has 22 heavy (non-hydrogen) atoms. The Bertz CT molecular complexity index is 784. The van der Waals surface area contributed by atoms with Gasteiger partial charge in [0.15, 0.2) is 0 Å².